The summed E-state index contributed by atoms with van der Waals surface area (Å²) in [5.41, 5.74) is 3.32. The third-order valence-electron chi connectivity index (χ3n) is 3.09. The van der Waals surface area contributed by atoms with Gasteiger partial charge in [-0.3, -0.25) is 4.79 Å². The van der Waals surface area contributed by atoms with Crippen LogP contribution in [0.25, 0.3) is 10.8 Å². The van der Waals surface area contributed by atoms with E-state index in [-0.39, 0.29) is 0 Å². The minimum Gasteiger partial charge on any atom is -0.298 e. The maximum atomic E-state index is 11.0. The molecule has 0 heterocycles. The maximum absolute atomic E-state index is 11.0. The van der Waals surface area contributed by atoms with Gasteiger partial charge in [0.05, 0.1) is 0 Å². The fourth-order valence-electron chi connectivity index (χ4n) is 2.00. The molecule has 0 aliphatic rings. The standard InChI is InChI=1S/C15H16O/c1-10(2)12-6-7-14-13(9-16)5-4-11(3)15(14)8-12/h4-10H,1-3H3. The highest BCUT2D eigenvalue weighted by Crippen LogP contribution is 2.25. The molecule has 0 unspecified atom stereocenters. The van der Waals surface area contributed by atoms with Gasteiger partial charge in [-0.15, -0.1) is 0 Å². The molecule has 0 bridgehead atoms. The van der Waals surface area contributed by atoms with Crippen molar-refractivity contribution >= 4 is 17.1 Å². The molecule has 0 N–H and O–H groups in total. The average Bonchev–Trinajstić information content (AvgIpc) is 2.29. The van der Waals surface area contributed by atoms with E-state index in [9.17, 15) is 4.79 Å². The van der Waals surface area contributed by atoms with Gasteiger partial charge < -0.3 is 0 Å². The Morgan fingerprint density at radius 3 is 2.44 bits per heavy atom. The van der Waals surface area contributed by atoms with Crippen molar-refractivity contribution in [3.05, 3.63) is 47.0 Å². The van der Waals surface area contributed by atoms with E-state index in [2.05, 4.69) is 39.0 Å². The minimum atomic E-state index is 0.517. The highest BCUT2D eigenvalue weighted by molar-refractivity contribution is 5.99. The molecule has 0 aromatic heterocycles. The first kappa shape index (κ1) is 10.9. The molecule has 16 heavy (non-hydrogen) atoms. The Balaban J connectivity index is 2.77. The van der Waals surface area contributed by atoms with Gasteiger partial charge in [-0.05, 0) is 34.7 Å². The molecule has 0 fully saturated rings. The van der Waals surface area contributed by atoms with Crippen LogP contribution in [-0.4, -0.2) is 6.29 Å². The molecular weight excluding hydrogens is 196 g/mol. The summed E-state index contributed by atoms with van der Waals surface area (Å²) in [6.45, 7) is 6.45. The van der Waals surface area contributed by atoms with E-state index in [1.165, 1.54) is 16.5 Å². The van der Waals surface area contributed by atoms with Crippen LogP contribution in [0.15, 0.2) is 30.3 Å². The zero-order chi connectivity index (χ0) is 11.7. The van der Waals surface area contributed by atoms with Crippen LogP contribution >= 0.6 is 0 Å². The fourth-order valence-corrected chi connectivity index (χ4v) is 2.00. The molecule has 82 valence electrons. The molecule has 1 heteroatoms. The number of aryl methyl sites for hydroxylation is 1. The molecular formula is C15H16O. The lowest BCUT2D eigenvalue weighted by molar-refractivity contribution is 0.112. The zero-order valence-electron chi connectivity index (χ0n) is 9.95. The van der Waals surface area contributed by atoms with Gasteiger partial charge in [0.25, 0.3) is 0 Å². The number of benzene rings is 2. The summed E-state index contributed by atoms with van der Waals surface area (Å²) in [5.74, 6) is 0.517. The van der Waals surface area contributed by atoms with Crippen LogP contribution in [0.4, 0.5) is 0 Å². The fraction of sp³-hybridized carbons (Fsp3) is 0.267. The van der Waals surface area contributed by atoms with Gasteiger partial charge in [-0.25, -0.2) is 0 Å². The monoisotopic (exact) mass is 212 g/mol. The van der Waals surface area contributed by atoms with E-state index in [1.54, 1.807) is 0 Å². The summed E-state index contributed by atoms with van der Waals surface area (Å²) < 4.78 is 0. The van der Waals surface area contributed by atoms with Crippen LogP contribution in [-0.2, 0) is 0 Å². The number of aldehydes is 1. The van der Waals surface area contributed by atoms with Gasteiger partial charge in [0.15, 0.2) is 6.29 Å². The molecule has 2 aromatic carbocycles. The first-order chi connectivity index (χ1) is 7.63. The number of hydrogen-bond acceptors (Lipinski definition) is 1. The van der Waals surface area contributed by atoms with Crippen LogP contribution in [0.3, 0.4) is 0 Å². The largest absolute Gasteiger partial charge is 0.298 e. The second-order valence-corrected chi connectivity index (χ2v) is 4.55. The van der Waals surface area contributed by atoms with Crippen LogP contribution in [0.5, 0.6) is 0 Å². The molecule has 2 rings (SSSR count). The lowest BCUT2D eigenvalue weighted by Gasteiger charge is -2.10. The second kappa shape index (κ2) is 4.09. The third kappa shape index (κ3) is 1.73. The summed E-state index contributed by atoms with van der Waals surface area (Å²) in [5, 5.41) is 2.25. The number of carbonyl (C=O) groups is 1. The molecule has 1 nitrogen and oxygen atoms in total. The Morgan fingerprint density at radius 1 is 1.06 bits per heavy atom. The van der Waals surface area contributed by atoms with Gasteiger partial charge >= 0.3 is 0 Å². The van der Waals surface area contributed by atoms with Gasteiger partial charge in [-0.2, -0.15) is 0 Å². The van der Waals surface area contributed by atoms with E-state index in [4.69, 9.17) is 0 Å². The maximum Gasteiger partial charge on any atom is 0.150 e. The van der Waals surface area contributed by atoms with E-state index in [0.717, 1.165) is 17.2 Å². The Hall–Kier alpha value is -1.63. The summed E-state index contributed by atoms with van der Waals surface area (Å²) in [6, 6.07) is 10.3. The van der Waals surface area contributed by atoms with Crippen LogP contribution in [0.1, 0.15) is 41.3 Å². The number of rotatable bonds is 2. The van der Waals surface area contributed by atoms with Crippen molar-refractivity contribution in [1.29, 1.82) is 0 Å². The van der Waals surface area contributed by atoms with Gasteiger partial charge in [0.2, 0.25) is 0 Å². The molecule has 0 spiro atoms. The van der Waals surface area contributed by atoms with Crippen molar-refractivity contribution in [3.8, 4) is 0 Å². The van der Waals surface area contributed by atoms with E-state index in [1.807, 2.05) is 12.1 Å². The average molecular weight is 212 g/mol. The predicted octanol–water partition coefficient (Wildman–Crippen LogP) is 4.08. The smallest absolute Gasteiger partial charge is 0.150 e. The summed E-state index contributed by atoms with van der Waals surface area (Å²) >= 11 is 0. The van der Waals surface area contributed by atoms with Crippen LogP contribution in [0.2, 0.25) is 0 Å². The van der Waals surface area contributed by atoms with Crippen molar-refractivity contribution < 1.29 is 4.79 Å². The summed E-state index contributed by atoms with van der Waals surface area (Å²) in [4.78, 5) is 11.0. The molecule has 0 saturated carbocycles. The topological polar surface area (TPSA) is 17.1 Å². The van der Waals surface area contributed by atoms with Crippen LogP contribution < -0.4 is 0 Å². The lowest BCUT2D eigenvalue weighted by Crippen LogP contribution is -1.91. The molecule has 0 aliphatic carbocycles. The number of carbonyl (C=O) groups excluding carboxylic acids is 1. The van der Waals surface area contributed by atoms with Crippen molar-refractivity contribution in [1.82, 2.24) is 0 Å². The van der Waals surface area contributed by atoms with Crippen molar-refractivity contribution in [2.75, 3.05) is 0 Å². The first-order valence-electron chi connectivity index (χ1n) is 5.62. The van der Waals surface area contributed by atoms with Gasteiger partial charge in [-0.1, -0.05) is 44.2 Å². The van der Waals surface area contributed by atoms with E-state index < -0.39 is 0 Å². The molecule has 2 aromatic rings. The summed E-state index contributed by atoms with van der Waals surface area (Å²) in [7, 11) is 0. The van der Waals surface area contributed by atoms with Crippen molar-refractivity contribution in [3.63, 3.8) is 0 Å². The zero-order valence-corrected chi connectivity index (χ0v) is 9.95. The molecule has 0 amide bonds. The SMILES string of the molecule is Cc1ccc(C=O)c2ccc(C(C)C)cc12. The lowest BCUT2D eigenvalue weighted by atomic mass is 9.95. The normalized spacial score (nSPS) is 11.0. The van der Waals surface area contributed by atoms with Crippen molar-refractivity contribution in [2.45, 2.75) is 26.7 Å². The van der Waals surface area contributed by atoms with E-state index >= 15 is 0 Å². The Kier molecular flexibility index (Phi) is 2.78. The molecule has 0 aliphatic heterocycles. The Morgan fingerprint density at radius 2 is 1.81 bits per heavy atom. The Bertz CT molecular complexity index is 538. The van der Waals surface area contributed by atoms with Gasteiger partial charge in [0.1, 0.15) is 0 Å². The third-order valence-corrected chi connectivity index (χ3v) is 3.09. The molecule has 0 radical (unpaired) electrons. The second-order valence-electron chi connectivity index (χ2n) is 4.55. The molecule has 0 atom stereocenters. The first-order valence-corrected chi connectivity index (χ1v) is 5.62. The number of hydrogen-bond donors (Lipinski definition) is 0. The van der Waals surface area contributed by atoms with Gasteiger partial charge in [0, 0.05) is 5.56 Å². The minimum absolute atomic E-state index is 0.517. The predicted molar refractivity (Wildman–Crippen MR) is 68.2 cm³/mol. The Labute approximate surface area is 96.1 Å². The van der Waals surface area contributed by atoms with Crippen molar-refractivity contribution in [2.24, 2.45) is 0 Å². The van der Waals surface area contributed by atoms with E-state index in [0.29, 0.717) is 5.92 Å². The van der Waals surface area contributed by atoms with Crippen LogP contribution in [0, 0.1) is 6.92 Å². The number of fused-ring (bicyclic) bond motifs is 1. The highest BCUT2D eigenvalue weighted by Gasteiger charge is 2.05. The highest BCUT2D eigenvalue weighted by atomic mass is 16.1. The summed E-state index contributed by atoms with van der Waals surface area (Å²) in [6.07, 6.45) is 0.927. The molecule has 0 saturated heterocycles. The quantitative estimate of drug-likeness (QED) is 0.685.